The first-order valence-electron chi connectivity index (χ1n) is 6.70. The molecule has 0 saturated heterocycles. The van der Waals surface area contributed by atoms with Crippen LogP contribution in [0.15, 0.2) is 24.4 Å². The molecule has 6 nitrogen and oxygen atoms in total. The van der Waals surface area contributed by atoms with Crippen LogP contribution in [0.25, 0.3) is 5.65 Å². The third kappa shape index (κ3) is 2.22. The monoisotopic (exact) mass is 275 g/mol. The predicted octanol–water partition coefficient (Wildman–Crippen LogP) is 1.61. The number of anilines is 1. The van der Waals surface area contributed by atoms with Gasteiger partial charge < -0.3 is 15.5 Å². The van der Waals surface area contributed by atoms with Crippen molar-refractivity contribution in [3.8, 4) is 0 Å². The number of hydrogen-bond donors (Lipinski definition) is 3. The second-order valence-corrected chi connectivity index (χ2v) is 5.37. The van der Waals surface area contributed by atoms with Gasteiger partial charge in [0.05, 0.1) is 0 Å². The fraction of sp³-hybridized carbons (Fsp3) is 0.429. The standard InChI is InChI=1S/C14H17N3O3/c18-8-6-14(4-5-14)9-15-12-11(13(19)20)17-7-2-1-3-10(17)16-12/h1-3,7,15,18H,4-6,8-9H2,(H,19,20). The van der Waals surface area contributed by atoms with Gasteiger partial charge in [0.25, 0.3) is 0 Å². The molecular formula is C14H17N3O3. The number of pyridine rings is 1. The highest BCUT2D eigenvalue weighted by molar-refractivity contribution is 5.92. The lowest BCUT2D eigenvalue weighted by Crippen LogP contribution is -2.18. The van der Waals surface area contributed by atoms with Crippen molar-refractivity contribution < 1.29 is 15.0 Å². The minimum absolute atomic E-state index is 0.111. The lowest BCUT2D eigenvalue weighted by atomic mass is 10.0. The highest BCUT2D eigenvalue weighted by atomic mass is 16.4. The first kappa shape index (κ1) is 12.9. The van der Waals surface area contributed by atoms with Gasteiger partial charge in [-0.3, -0.25) is 4.40 Å². The maximum atomic E-state index is 11.4. The van der Waals surface area contributed by atoms with Crippen LogP contribution in [0.5, 0.6) is 0 Å². The summed E-state index contributed by atoms with van der Waals surface area (Å²) in [6, 6.07) is 5.38. The minimum atomic E-state index is -1.00. The molecule has 0 unspecified atom stereocenters. The molecule has 0 bridgehead atoms. The lowest BCUT2D eigenvalue weighted by molar-refractivity contribution is 0.0690. The summed E-state index contributed by atoms with van der Waals surface area (Å²) in [6.45, 7) is 0.816. The zero-order chi connectivity index (χ0) is 14.2. The fourth-order valence-electron chi connectivity index (χ4n) is 2.52. The first-order chi connectivity index (χ1) is 9.65. The van der Waals surface area contributed by atoms with E-state index < -0.39 is 5.97 Å². The average molecular weight is 275 g/mol. The number of aromatic carboxylic acids is 1. The van der Waals surface area contributed by atoms with Gasteiger partial charge in [0.1, 0.15) is 5.65 Å². The lowest BCUT2D eigenvalue weighted by Gasteiger charge is -2.14. The van der Waals surface area contributed by atoms with E-state index in [9.17, 15) is 9.90 Å². The molecule has 3 rings (SSSR count). The molecule has 1 aliphatic carbocycles. The number of aliphatic hydroxyl groups excluding tert-OH is 1. The van der Waals surface area contributed by atoms with E-state index in [0.29, 0.717) is 18.0 Å². The molecule has 1 saturated carbocycles. The number of carboxylic acid groups (broad SMARTS) is 1. The number of carboxylic acids is 1. The summed E-state index contributed by atoms with van der Waals surface area (Å²) >= 11 is 0. The van der Waals surface area contributed by atoms with Crippen LogP contribution in [-0.2, 0) is 0 Å². The average Bonchev–Trinajstić information content (AvgIpc) is 3.08. The van der Waals surface area contributed by atoms with Crippen molar-refractivity contribution in [1.82, 2.24) is 9.38 Å². The summed E-state index contributed by atoms with van der Waals surface area (Å²) < 4.78 is 1.57. The zero-order valence-corrected chi connectivity index (χ0v) is 11.0. The van der Waals surface area contributed by atoms with Gasteiger partial charge in [0, 0.05) is 19.3 Å². The number of aromatic nitrogens is 2. The van der Waals surface area contributed by atoms with Crippen LogP contribution in [0, 0.1) is 5.41 Å². The summed E-state index contributed by atoms with van der Waals surface area (Å²) in [4.78, 5) is 15.8. The van der Waals surface area contributed by atoms with Crippen molar-refractivity contribution in [3.63, 3.8) is 0 Å². The van der Waals surface area contributed by atoms with Crippen LogP contribution in [-0.4, -0.2) is 38.7 Å². The smallest absolute Gasteiger partial charge is 0.356 e. The number of imidazole rings is 1. The molecule has 0 amide bonds. The van der Waals surface area contributed by atoms with Crippen LogP contribution in [0.3, 0.4) is 0 Å². The quantitative estimate of drug-likeness (QED) is 0.745. The van der Waals surface area contributed by atoms with Crippen molar-refractivity contribution in [2.75, 3.05) is 18.5 Å². The van der Waals surface area contributed by atoms with Crippen molar-refractivity contribution in [1.29, 1.82) is 0 Å². The molecular weight excluding hydrogens is 258 g/mol. The van der Waals surface area contributed by atoms with Gasteiger partial charge in [-0.15, -0.1) is 0 Å². The van der Waals surface area contributed by atoms with Gasteiger partial charge in [0.2, 0.25) is 0 Å². The van der Waals surface area contributed by atoms with Crippen LogP contribution in [0.4, 0.5) is 5.82 Å². The zero-order valence-electron chi connectivity index (χ0n) is 11.0. The maximum absolute atomic E-state index is 11.4. The van der Waals surface area contributed by atoms with Crippen molar-refractivity contribution in [2.24, 2.45) is 5.41 Å². The Hall–Kier alpha value is -2.08. The number of nitrogens with zero attached hydrogens (tertiary/aromatic N) is 2. The third-order valence-electron chi connectivity index (χ3n) is 3.96. The Kier molecular flexibility index (Phi) is 3.10. The minimum Gasteiger partial charge on any atom is -0.476 e. The van der Waals surface area contributed by atoms with Crippen LogP contribution >= 0.6 is 0 Å². The van der Waals surface area contributed by atoms with E-state index in [1.54, 1.807) is 22.7 Å². The summed E-state index contributed by atoms with van der Waals surface area (Å²) in [5.41, 5.74) is 0.875. The van der Waals surface area contributed by atoms with Gasteiger partial charge in [-0.05, 0) is 36.8 Å². The van der Waals surface area contributed by atoms with E-state index in [4.69, 9.17) is 5.11 Å². The third-order valence-corrected chi connectivity index (χ3v) is 3.96. The van der Waals surface area contributed by atoms with E-state index in [2.05, 4.69) is 10.3 Å². The predicted molar refractivity (Wildman–Crippen MR) is 74.0 cm³/mol. The number of rotatable bonds is 6. The Morgan fingerprint density at radius 1 is 1.45 bits per heavy atom. The Labute approximate surface area is 116 Å². The van der Waals surface area contributed by atoms with E-state index in [1.807, 2.05) is 6.07 Å². The molecule has 0 aliphatic heterocycles. The van der Waals surface area contributed by atoms with Crippen molar-refractivity contribution in [3.05, 3.63) is 30.1 Å². The van der Waals surface area contributed by atoms with Crippen molar-refractivity contribution in [2.45, 2.75) is 19.3 Å². The molecule has 1 aliphatic rings. The van der Waals surface area contributed by atoms with Gasteiger partial charge in [-0.1, -0.05) is 6.07 Å². The van der Waals surface area contributed by atoms with E-state index in [-0.39, 0.29) is 17.7 Å². The second-order valence-electron chi connectivity index (χ2n) is 5.37. The highest BCUT2D eigenvalue weighted by Gasteiger charge is 2.41. The number of carbonyl (C=O) groups is 1. The summed E-state index contributed by atoms with van der Waals surface area (Å²) in [6.07, 6.45) is 4.57. The van der Waals surface area contributed by atoms with Gasteiger partial charge in [-0.25, -0.2) is 9.78 Å². The molecule has 6 heteroatoms. The molecule has 0 spiro atoms. The van der Waals surface area contributed by atoms with Crippen LogP contribution in [0.1, 0.15) is 29.8 Å². The molecule has 2 aromatic rings. The first-order valence-corrected chi connectivity index (χ1v) is 6.70. The van der Waals surface area contributed by atoms with Gasteiger partial charge in [0.15, 0.2) is 11.5 Å². The maximum Gasteiger partial charge on any atom is 0.356 e. The second kappa shape index (κ2) is 4.79. The number of hydrogen-bond acceptors (Lipinski definition) is 4. The summed E-state index contributed by atoms with van der Waals surface area (Å²) in [5.74, 6) is -0.605. The molecule has 2 heterocycles. The molecule has 3 N–H and O–H groups in total. The summed E-state index contributed by atoms with van der Waals surface area (Å²) in [7, 11) is 0. The van der Waals surface area contributed by atoms with Crippen molar-refractivity contribution >= 4 is 17.4 Å². The van der Waals surface area contributed by atoms with Gasteiger partial charge >= 0.3 is 5.97 Å². The number of nitrogens with one attached hydrogen (secondary N) is 1. The molecule has 0 radical (unpaired) electrons. The van der Waals surface area contributed by atoms with Gasteiger partial charge in [-0.2, -0.15) is 0 Å². The van der Waals surface area contributed by atoms with E-state index >= 15 is 0 Å². The van der Waals surface area contributed by atoms with Crippen LogP contribution in [0.2, 0.25) is 0 Å². The van der Waals surface area contributed by atoms with E-state index in [1.165, 1.54) is 0 Å². The Bertz CT molecular complexity index is 646. The fourth-order valence-corrected chi connectivity index (χ4v) is 2.52. The molecule has 1 fully saturated rings. The molecule has 2 aromatic heterocycles. The molecule has 0 aromatic carbocycles. The summed E-state index contributed by atoms with van der Waals surface area (Å²) in [5, 5.41) is 21.6. The molecule has 20 heavy (non-hydrogen) atoms. The SMILES string of the molecule is O=C(O)c1c(NCC2(CCO)CC2)nc2ccccn12. The highest BCUT2D eigenvalue weighted by Crippen LogP contribution is 2.48. The van der Waals surface area contributed by atoms with E-state index in [0.717, 1.165) is 19.3 Å². The normalized spacial score (nSPS) is 16.2. The Balaban J connectivity index is 1.87. The van der Waals surface area contributed by atoms with Crippen LogP contribution < -0.4 is 5.32 Å². The number of fused-ring (bicyclic) bond motifs is 1. The Morgan fingerprint density at radius 2 is 2.25 bits per heavy atom. The largest absolute Gasteiger partial charge is 0.476 e. The molecule has 0 atom stereocenters. The topological polar surface area (TPSA) is 86.9 Å². The number of aliphatic hydroxyl groups is 1. The molecule has 106 valence electrons. The Morgan fingerprint density at radius 3 is 2.90 bits per heavy atom.